The van der Waals surface area contributed by atoms with Gasteiger partial charge in [-0.15, -0.1) is 11.3 Å². The molecule has 128 valence electrons. The molecule has 3 rings (SSSR count). The van der Waals surface area contributed by atoms with E-state index in [0.717, 1.165) is 37.2 Å². The quantitative estimate of drug-likeness (QED) is 0.809. The summed E-state index contributed by atoms with van der Waals surface area (Å²) >= 11 is 1.70. The zero-order chi connectivity index (χ0) is 16.8. The number of carbonyl (C=O) groups is 1. The molecule has 1 aliphatic carbocycles. The van der Waals surface area contributed by atoms with Crippen LogP contribution in [0.2, 0.25) is 0 Å². The number of amides is 1. The van der Waals surface area contributed by atoms with E-state index in [1.807, 2.05) is 11.9 Å². The summed E-state index contributed by atoms with van der Waals surface area (Å²) in [6.07, 6.45) is 4.64. The topological polar surface area (TPSA) is 29.5 Å². The number of fused-ring (bicyclic) bond motifs is 1. The number of aryl methyl sites for hydroxylation is 2. The Hall–Kier alpha value is -0.870. The Kier molecular flexibility index (Phi) is 4.58. The van der Waals surface area contributed by atoms with E-state index >= 15 is 0 Å². The minimum absolute atomic E-state index is 0.0582. The lowest BCUT2D eigenvalue weighted by Crippen LogP contribution is -2.66. The molecular formula is C19H29NO2S. The minimum atomic E-state index is 0.0582. The molecule has 1 aromatic rings. The first-order valence-electron chi connectivity index (χ1n) is 8.92. The fourth-order valence-corrected chi connectivity index (χ4v) is 6.03. The maximum atomic E-state index is 13.0. The van der Waals surface area contributed by atoms with Gasteiger partial charge in [0.05, 0.1) is 11.0 Å². The van der Waals surface area contributed by atoms with Gasteiger partial charge in [-0.1, -0.05) is 34.1 Å². The van der Waals surface area contributed by atoms with E-state index in [0.29, 0.717) is 18.1 Å². The van der Waals surface area contributed by atoms with E-state index in [4.69, 9.17) is 4.74 Å². The fourth-order valence-electron chi connectivity index (χ4n) is 4.69. The highest BCUT2D eigenvalue weighted by atomic mass is 32.1. The van der Waals surface area contributed by atoms with Crippen LogP contribution in [0.4, 0.5) is 0 Å². The van der Waals surface area contributed by atoms with Crippen LogP contribution in [-0.2, 0) is 17.6 Å². The molecule has 1 aromatic heterocycles. The van der Waals surface area contributed by atoms with Gasteiger partial charge < -0.3 is 9.64 Å². The summed E-state index contributed by atoms with van der Waals surface area (Å²) in [7, 11) is 1.98. The molecule has 1 saturated heterocycles. The van der Waals surface area contributed by atoms with Crippen LogP contribution in [0.15, 0.2) is 6.07 Å². The summed E-state index contributed by atoms with van der Waals surface area (Å²) in [5.74, 6) is 0.704. The number of thiophene rings is 1. The zero-order valence-corrected chi connectivity index (χ0v) is 15.8. The number of rotatable bonds is 5. The SMILES string of the molecule is CCCc1sc(C(=O)N(C)C2C3CCOC3C2(C)C)cc1CC. The number of hydrogen-bond acceptors (Lipinski definition) is 3. The first-order chi connectivity index (χ1) is 10.9. The van der Waals surface area contributed by atoms with Gasteiger partial charge in [0.15, 0.2) is 0 Å². The summed E-state index contributed by atoms with van der Waals surface area (Å²) in [5.41, 5.74) is 1.41. The van der Waals surface area contributed by atoms with E-state index in [9.17, 15) is 4.79 Å². The smallest absolute Gasteiger partial charge is 0.263 e. The van der Waals surface area contributed by atoms with Crippen molar-refractivity contribution in [2.24, 2.45) is 11.3 Å². The van der Waals surface area contributed by atoms with Crippen molar-refractivity contribution in [3.63, 3.8) is 0 Å². The van der Waals surface area contributed by atoms with Gasteiger partial charge in [-0.25, -0.2) is 0 Å². The van der Waals surface area contributed by atoms with Gasteiger partial charge in [-0.3, -0.25) is 4.79 Å². The van der Waals surface area contributed by atoms with Crippen molar-refractivity contribution in [3.8, 4) is 0 Å². The Morgan fingerprint density at radius 3 is 2.83 bits per heavy atom. The van der Waals surface area contributed by atoms with Crippen LogP contribution in [0.1, 0.15) is 60.6 Å². The van der Waals surface area contributed by atoms with Crippen LogP contribution in [0.5, 0.6) is 0 Å². The molecule has 0 aromatic carbocycles. The highest BCUT2D eigenvalue weighted by molar-refractivity contribution is 7.14. The summed E-state index contributed by atoms with van der Waals surface area (Å²) in [6.45, 7) is 9.69. The minimum Gasteiger partial charge on any atom is -0.377 e. The highest BCUT2D eigenvalue weighted by Gasteiger charge is 2.61. The maximum absolute atomic E-state index is 13.0. The molecule has 1 amide bonds. The van der Waals surface area contributed by atoms with Gasteiger partial charge in [0.1, 0.15) is 0 Å². The summed E-state index contributed by atoms with van der Waals surface area (Å²) in [6, 6.07) is 2.42. The Morgan fingerprint density at radius 1 is 1.43 bits per heavy atom. The van der Waals surface area contributed by atoms with Crippen molar-refractivity contribution in [2.45, 2.75) is 65.5 Å². The van der Waals surface area contributed by atoms with E-state index in [1.54, 1.807) is 11.3 Å². The molecule has 3 atom stereocenters. The predicted molar refractivity (Wildman–Crippen MR) is 95.2 cm³/mol. The number of hydrogen-bond donors (Lipinski definition) is 0. The molecule has 2 fully saturated rings. The molecule has 0 radical (unpaired) electrons. The number of ether oxygens (including phenoxy) is 1. The van der Waals surface area contributed by atoms with Crippen LogP contribution < -0.4 is 0 Å². The van der Waals surface area contributed by atoms with Gasteiger partial charge in [-0.05, 0) is 30.9 Å². The Bertz CT molecular complexity index is 592. The normalized spacial score (nSPS) is 28.3. The average molecular weight is 336 g/mol. The van der Waals surface area contributed by atoms with Crippen LogP contribution in [-0.4, -0.2) is 36.6 Å². The third-order valence-electron chi connectivity index (χ3n) is 5.74. The molecule has 2 aliphatic rings. The molecule has 3 nitrogen and oxygen atoms in total. The number of nitrogens with zero attached hydrogens (tertiary/aromatic N) is 1. The Balaban J connectivity index is 1.80. The lowest BCUT2D eigenvalue weighted by atomic mass is 9.57. The average Bonchev–Trinajstić information content (AvgIpc) is 3.12. The van der Waals surface area contributed by atoms with Crippen LogP contribution in [0, 0.1) is 11.3 Å². The molecule has 0 bridgehead atoms. The summed E-state index contributed by atoms with van der Waals surface area (Å²) in [5, 5.41) is 0. The second-order valence-corrected chi connectivity index (χ2v) is 8.73. The van der Waals surface area contributed by atoms with Crippen molar-refractivity contribution in [1.29, 1.82) is 0 Å². The fraction of sp³-hybridized carbons (Fsp3) is 0.737. The van der Waals surface area contributed by atoms with Crippen LogP contribution >= 0.6 is 11.3 Å². The second kappa shape index (κ2) is 6.21. The monoisotopic (exact) mass is 335 g/mol. The lowest BCUT2D eigenvalue weighted by molar-refractivity contribution is -0.139. The van der Waals surface area contributed by atoms with E-state index < -0.39 is 0 Å². The standard InChI is InChI=1S/C19H29NO2S/c1-6-8-14-12(7-2)11-15(23-14)18(21)20(5)16-13-9-10-22-17(13)19(16,3)4/h11,13,16-17H,6-10H2,1-5H3. The third-order valence-corrected chi connectivity index (χ3v) is 6.97. The van der Waals surface area contributed by atoms with Crippen molar-refractivity contribution in [3.05, 3.63) is 21.4 Å². The molecule has 4 heteroatoms. The van der Waals surface area contributed by atoms with E-state index in [-0.39, 0.29) is 11.3 Å². The Labute approximate surface area is 144 Å². The Morgan fingerprint density at radius 2 is 2.17 bits per heavy atom. The summed E-state index contributed by atoms with van der Waals surface area (Å²) in [4.78, 5) is 17.3. The third kappa shape index (κ3) is 2.64. The first kappa shape index (κ1) is 17.0. The van der Waals surface area contributed by atoms with Gasteiger partial charge in [0.2, 0.25) is 0 Å². The molecular weight excluding hydrogens is 306 g/mol. The van der Waals surface area contributed by atoms with Crippen molar-refractivity contribution in [1.82, 2.24) is 4.90 Å². The lowest BCUT2D eigenvalue weighted by Gasteiger charge is -2.57. The largest absolute Gasteiger partial charge is 0.377 e. The van der Waals surface area contributed by atoms with Crippen molar-refractivity contribution < 1.29 is 9.53 Å². The molecule has 0 spiro atoms. The number of carbonyl (C=O) groups excluding carboxylic acids is 1. The molecule has 1 saturated carbocycles. The van der Waals surface area contributed by atoms with Gasteiger partial charge in [-0.2, -0.15) is 0 Å². The van der Waals surface area contributed by atoms with Crippen molar-refractivity contribution >= 4 is 17.2 Å². The molecule has 3 unspecified atom stereocenters. The second-order valence-electron chi connectivity index (χ2n) is 7.59. The van der Waals surface area contributed by atoms with E-state index in [1.165, 1.54) is 10.4 Å². The maximum Gasteiger partial charge on any atom is 0.263 e. The first-order valence-corrected chi connectivity index (χ1v) is 9.73. The van der Waals surface area contributed by atoms with Crippen LogP contribution in [0.3, 0.4) is 0 Å². The molecule has 23 heavy (non-hydrogen) atoms. The summed E-state index contributed by atoms with van der Waals surface area (Å²) < 4.78 is 5.87. The highest BCUT2D eigenvalue weighted by Crippen LogP contribution is 2.54. The van der Waals surface area contributed by atoms with E-state index in [2.05, 4.69) is 33.8 Å². The van der Waals surface area contributed by atoms with Crippen molar-refractivity contribution in [2.75, 3.05) is 13.7 Å². The van der Waals surface area contributed by atoms with Gasteiger partial charge in [0, 0.05) is 35.9 Å². The van der Waals surface area contributed by atoms with Gasteiger partial charge >= 0.3 is 0 Å². The molecule has 0 N–H and O–H groups in total. The molecule has 1 aliphatic heterocycles. The predicted octanol–water partition coefficient (Wildman–Crippen LogP) is 4.15. The van der Waals surface area contributed by atoms with Crippen LogP contribution in [0.25, 0.3) is 0 Å². The zero-order valence-electron chi connectivity index (χ0n) is 15.0. The van der Waals surface area contributed by atoms with Gasteiger partial charge in [0.25, 0.3) is 5.91 Å². The molecule has 2 heterocycles.